The molecule has 0 radical (unpaired) electrons. The summed E-state index contributed by atoms with van der Waals surface area (Å²) in [7, 11) is 0. The van der Waals surface area contributed by atoms with E-state index in [4.69, 9.17) is 4.74 Å². The van der Waals surface area contributed by atoms with Gasteiger partial charge in [-0.15, -0.1) is 0 Å². The standard InChI is InChI=1S/C20H23NO3/c1-2-24-16-10-8-15(9-11-16)19(13-22)21-20(23)18-12-17(18)14-6-4-3-5-7-14/h3-11,17-19,22H,2,12-13H2,1H3,(H,21,23)/t17-,18+,19+/m1/s1. The topological polar surface area (TPSA) is 58.6 Å². The van der Waals surface area contributed by atoms with Crippen molar-refractivity contribution < 1.29 is 14.6 Å². The molecule has 3 atom stereocenters. The quantitative estimate of drug-likeness (QED) is 0.822. The number of nitrogens with one attached hydrogen (secondary N) is 1. The average molecular weight is 325 g/mol. The highest BCUT2D eigenvalue weighted by Crippen LogP contribution is 2.47. The monoisotopic (exact) mass is 325 g/mol. The Morgan fingerprint density at radius 3 is 2.54 bits per heavy atom. The first kappa shape index (κ1) is 16.5. The van der Waals surface area contributed by atoms with Crippen molar-refractivity contribution in [1.29, 1.82) is 0 Å². The molecule has 4 nitrogen and oxygen atoms in total. The molecule has 0 aromatic heterocycles. The molecule has 0 bridgehead atoms. The fourth-order valence-corrected chi connectivity index (χ4v) is 3.03. The van der Waals surface area contributed by atoms with Gasteiger partial charge in [0.25, 0.3) is 0 Å². The summed E-state index contributed by atoms with van der Waals surface area (Å²) >= 11 is 0. The van der Waals surface area contributed by atoms with Gasteiger partial charge in [0.2, 0.25) is 5.91 Å². The molecule has 3 rings (SSSR count). The maximum Gasteiger partial charge on any atom is 0.224 e. The van der Waals surface area contributed by atoms with Gasteiger partial charge in [0.15, 0.2) is 0 Å². The predicted molar refractivity (Wildman–Crippen MR) is 92.9 cm³/mol. The predicted octanol–water partition coefficient (Wildman–Crippen LogP) is 3.04. The molecule has 2 aromatic rings. The van der Waals surface area contributed by atoms with Crippen LogP contribution in [0.15, 0.2) is 54.6 Å². The van der Waals surface area contributed by atoms with Crippen LogP contribution in [0.5, 0.6) is 5.75 Å². The maximum atomic E-state index is 12.5. The normalized spacial score (nSPS) is 20.2. The molecular formula is C20H23NO3. The van der Waals surface area contributed by atoms with Gasteiger partial charge in [0.05, 0.1) is 19.3 Å². The molecule has 2 aromatic carbocycles. The van der Waals surface area contributed by atoms with Crippen molar-refractivity contribution in [3.8, 4) is 5.75 Å². The van der Waals surface area contributed by atoms with Crippen molar-refractivity contribution in [2.75, 3.05) is 13.2 Å². The zero-order valence-electron chi connectivity index (χ0n) is 13.8. The van der Waals surface area contributed by atoms with Crippen LogP contribution in [-0.4, -0.2) is 24.2 Å². The van der Waals surface area contributed by atoms with Crippen molar-refractivity contribution in [1.82, 2.24) is 5.32 Å². The molecule has 0 spiro atoms. The third-order valence-electron chi connectivity index (χ3n) is 4.45. The van der Waals surface area contributed by atoms with Crippen molar-refractivity contribution in [3.63, 3.8) is 0 Å². The summed E-state index contributed by atoms with van der Waals surface area (Å²) < 4.78 is 5.42. The zero-order chi connectivity index (χ0) is 16.9. The van der Waals surface area contributed by atoms with Crippen LogP contribution in [0, 0.1) is 5.92 Å². The van der Waals surface area contributed by atoms with Crippen LogP contribution in [0.4, 0.5) is 0 Å². The lowest BCUT2D eigenvalue weighted by molar-refractivity contribution is -0.123. The molecule has 2 N–H and O–H groups in total. The van der Waals surface area contributed by atoms with Crippen molar-refractivity contribution in [3.05, 3.63) is 65.7 Å². The SMILES string of the molecule is CCOc1ccc([C@H](CO)NC(=O)[C@H]2C[C@@H]2c2ccccc2)cc1. The van der Waals surface area contributed by atoms with Gasteiger partial charge in [0.1, 0.15) is 5.75 Å². The van der Waals surface area contributed by atoms with E-state index < -0.39 is 0 Å². The summed E-state index contributed by atoms with van der Waals surface area (Å²) in [5.74, 6) is 1.10. The van der Waals surface area contributed by atoms with E-state index in [2.05, 4.69) is 17.4 Å². The Morgan fingerprint density at radius 1 is 1.21 bits per heavy atom. The van der Waals surface area contributed by atoms with Gasteiger partial charge >= 0.3 is 0 Å². The first-order chi connectivity index (χ1) is 11.7. The van der Waals surface area contributed by atoms with Gasteiger partial charge in [-0.3, -0.25) is 4.79 Å². The van der Waals surface area contributed by atoms with Gasteiger partial charge in [0, 0.05) is 5.92 Å². The Hall–Kier alpha value is -2.33. The highest BCUT2D eigenvalue weighted by molar-refractivity contribution is 5.83. The van der Waals surface area contributed by atoms with E-state index in [0.717, 1.165) is 17.7 Å². The first-order valence-corrected chi connectivity index (χ1v) is 8.42. The smallest absolute Gasteiger partial charge is 0.224 e. The Morgan fingerprint density at radius 2 is 1.92 bits per heavy atom. The minimum Gasteiger partial charge on any atom is -0.494 e. The van der Waals surface area contributed by atoms with Crippen LogP contribution >= 0.6 is 0 Å². The number of ether oxygens (including phenoxy) is 1. The highest BCUT2D eigenvalue weighted by atomic mass is 16.5. The van der Waals surface area contributed by atoms with Gasteiger partial charge in [-0.1, -0.05) is 42.5 Å². The van der Waals surface area contributed by atoms with E-state index in [0.29, 0.717) is 12.5 Å². The third kappa shape index (κ3) is 3.77. The summed E-state index contributed by atoms with van der Waals surface area (Å²) in [6.45, 7) is 2.42. The molecule has 1 fully saturated rings. The molecular weight excluding hydrogens is 302 g/mol. The molecule has 1 amide bonds. The number of aliphatic hydroxyl groups is 1. The zero-order valence-corrected chi connectivity index (χ0v) is 13.8. The lowest BCUT2D eigenvalue weighted by atomic mass is 10.1. The summed E-state index contributed by atoms with van der Waals surface area (Å²) in [5.41, 5.74) is 2.09. The lowest BCUT2D eigenvalue weighted by Crippen LogP contribution is -2.32. The number of rotatable bonds is 7. The van der Waals surface area contributed by atoms with E-state index in [9.17, 15) is 9.90 Å². The van der Waals surface area contributed by atoms with Crippen molar-refractivity contribution in [2.45, 2.75) is 25.3 Å². The van der Waals surface area contributed by atoms with Crippen LogP contribution < -0.4 is 10.1 Å². The molecule has 126 valence electrons. The summed E-state index contributed by atoms with van der Waals surface area (Å²) in [6.07, 6.45) is 0.872. The van der Waals surface area contributed by atoms with Crippen LogP contribution in [-0.2, 0) is 4.79 Å². The lowest BCUT2D eigenvalue weighted by Gasteiger charge is -2.17. The van der Waals surface area contributed by atoms with E-state index in [1.165, 1.54) is 5.56 Å². The summed E-state index contributed by atoms with van der Waals surface area (Å²) in [4.78, 5) is 12.5. The van der Waals surface area contributed by atoms with E-state index in [1.807, 2.05) is 49.4 Å². The van der Waals surface area contributed by atoms with Gasteiger partial charge in [-0.05, 0) is 42.5 Å². The molecule has 1 saturated carbocycles. The molecule has 0 unspecified atom stereocenters. The van der Waals surface area contributed by atoms with Gasteiger partial charge in [-0.2, -0.15) is 0 Å². The Kier molecular flexibility index (Phi) is 5.16. The van der Waals surface area contributed by atoms with E-state index >= 15 is 0 Å². The average Bonchev–Trinajstić information content (AvgIpc) is 3.42. The molecule has 24 heavy (non-hydrogen) atoms. The number of aliphatic hydroxyl groups excluding tert-OH is 1. The fourth-order valence-electron chi connectivity index (χ4n) is 3.03. The molecule has 4 heteroatoms. The second-order valence-electron chi connectivity index (χ2n) is 6.11. The maximum absolute atomic E-state index is 12.5. The number of carbonyl (C=O) groups excluding carboxylic acids is 1. The minimum absolute atomic E-state index is 0.00384. The van der Waals surface area contributed by atoms with Crippen LogP contribution in [0.1, 0.15) is 36.4 Å². The number of benzene rings is 2. The number of amides is 1. The minimum atomic E-state index is -0.384. The largest absolute Gasteiger partial charge is 0.494 e. The first-order valence-electron chi connectivity index (χ1n) is 8.42. The fraction of sp³-hybridized carbons (Fsp3) is 0.350. The summed E-state index contributed by atoms with van der Waals surface area (Å²) in [5, 5.41) is 12.6. The second-order valence-corrected chi connectivity index (χ2v) is 6.11. The Labute approximate surface area is 142 Å². The third-order valence-corrected chi connectivity index (χ3v) is 4.45. The summed E-state index contributed by atoms with van der Waals surface area (Å²) in [6, 6.07) is 17.2. The van der Waals surface area contributed by atoms with E-state index in [1.54, 1.807) is 0 Å². The van der Waals surface area contributed by atoms with Crippen molar-refractivity contribution >= 4 is 5.91 Å². The van der Waals surface area contributed by atoms with Gasteiger partial charge in [-0.25, -0.2) is 0 Å². The van der Waals surface area contributed by atoms with Crippen molar-refractivity contribution in [2.24, 2.45) is 5.92 Å². The van der Waals surface area contributed by atoms with Gasteiger partial charge < -0.3 is 15.2 Å². The molecule has 0 saturated heterocycles. The Bertz CT molecular complexity index is 669. The number of hydrogen-bond acceptors (Lipinski definition) is 3. The second kappa shape index (κ2) is 7.49. The molecule has 0 heterocycles. The molecule has 0 aliphatic heterocycles. The Balaban J connectivity index is 1.60. The van der Waals surface area contributed by atoms with Crippen LogP contribution in [0.25, 0.3) is 0 Å². The molecule has 1 aliphatic carbocycles. The number of carbonyl (C=O) groups is 1. The number of hydrogen-bond donors (Lipinski definition) is 2. The van der Waals surface area contributed by atoms with Crippen LogP contribution in [0.3, 0.4) is 0 Å². The molecule has 1 aliphatic rings. The highest BCUT2D eigenvalue weighted by Gasteiger charge is 2.44. The van der Waals surface area contributed by atoms with E-state index in [-0.39, 0.29) is 24.5 Å². The van der Waals surface area contributed by atoms with Crippen LogP contribution in [0.2, 0.25) is 0 Å².